The van der Waals surface area contributed by atoms with Crippen molar-refractivity contribution in [3.05, 3.63) is 51.8 Å². The maximum Gasteiger partial charge on any atom is 0.191 e. The van der Waals surface area contributed by atoms with E-state index in [0.29, 0.717) is 16.6 Å². The van der Waals surface area contributed by atoms with Gasteiger partial charge < -0.3 is 10.6 Å². The number of benzene rings is 1. The predicted octanol–water partition coefficient (Wildman–Crippen LogP) is 3.25. The summed E-state index contributed by atoms with van der Waals surface area (Å²) in [7, 11) is 3.65. The number of nitrogens with zero attached hydrogens (tertiary/aromatic N) is 3. The number of aliphatic imine (C=N–C) groups is 1. The number of aromatic nitrogens is 2. The lowest BCUT2D eigenvalue weighted by atomic mass is 10.2. The lowest BCUT2D eigenvalue weighted by molar-refractivity contribution is 0.764. The molecule has 0 unspecified atom stereocenters. The molecule has 0 bridgehead atoms. The number of guanidine groups is 1. The van der Waals surface area contributed by atoms with Crippen molar-refractivity contribution in [3.63, 3.8) is 0 Å². The number of hydrogen-bond donors (Lipinski definition) is 2. The van der Waals surface area contributed by atoms with Crippen molar-refractivity contribution in [2.24, 2.45) is 12.0 Å². The molecule has 0 amide bonds. The Labute approximate surface area is 163 Å². The fourth-order valence-corrected chi connectivity index (χ4v) is 2.47. The van der Waals surface area contributed by atoms with Crippen LogP contribution in [0.5, 0.6) is 0 Å². The van der Waals surface area contributed by atoms with E-state index in [2.05, 4.69) is 20.7 Å². The van der Waals surface area contributed by atoms with Crippen LogP contribution in [0.25, 0.3) is 0 Å². The molecule has 0 atom stereocenters. The molecule has 0 aliphatic heterocycles. The third-order valence-electron chi connectivity index (χ3n) is 3.15. The third kappa shape index (κ3) is 6.56. The van der Waals surface area contributed by atoms with Crippen molar-refractivity contribution >= 4 is 53.1 Å². The van der Waals surface area contributed by atoms with Gasteiger partial charge in [0.1, 0.15) is 0 Å². The highest BCUT2D eigenvalue weighted by Crippen LogP contribution is 2.20. The van der Waals surface area contributed by atoms with E-state index in [1.165, 1.54) is 5.56 Å². The summed E-state index contributed by atoms with van der Waals surface area (Å²) >= 11 is 12.0. The number of hydrogen-bond acceptors (Lipinski definition) is 2. The number of rotatable bonds is 5. The Morgan fingerprint density at radius 1 is 1.30 bits per heavy atom. The van der Waals surface area contributed by atoms with Crippen LogP contribution in [0.15, 0.2) is 35.6 Å². The van der Waals surface area contributed by atoms with Gasteiger partial charge in [-0.2, -0.15) is 5.10 Å². The minimum atomic E-state index is 0. The first-order chi connectivity index (χ1) is 10.6. The SMILES string of the molecule is CN=C(NCCc1cnn(C)c1)NCc1ccc(Cl)cc1Cl.I. The van der Waals surface area contributed by atoms with Crippen LogP contribution < -0.4 is 10.6 Å². The average molecular weight is 468 g/mol. The van der Waals surface area contributed by atoms with Gasteiger partial charge in [-0.25, -0.2) is 0 Å². The molecule has 2 rings (SSSR count). The molecule has 2 N–H and O–H groups in total. The largest absolute Gasteiger partial charge is 0.356 e. The molecule has 0 radical (unpaired) electrons. The lowest BCUT2D eigenvalue weighted by Crippen LogP contribution is -2.37. The van der Waals surface area contributed by atoms with Crippen LogP contribution in [0.2, 0.25) is 10.0 Å². The highest BCUT2D eigenvalue weighted by molar-refractivity contribution is 14.0. The van der Waals surface area contributed by atoms with E-state index < -0.39 is 0 Å². The third-order valence-corrected chi connectivity index (χ3v) is 3.74. The van der Waals surface area contributed by atoms with E-state index in [4.69, 9.17) is 23.2 Å². The molecule has 5 nitrogen and oxygen atoms in total. The quantitative estimate of drug-likeness (QED) is 0.403. The van der Waals surface area contributed by atoms with Gasteiger partial charge in [0.2, 0.25) is 0 Å². The minimum Gasteiger partial charge on any atom is -0.356 e. The molecule has 23 heavy (non-hydrogen) atoms. The minimum absolute atomic E-state index is 0. The van der Waals surface area contributed by atoms with Gasteiger partial charge in [-0.1, -0.05) is 29.3 Å². The summed E-state index contributed by atoms with van der Waals surface area (Å²) in [6.45, 7) is 1.36. The van der Waals surface area contributed by atoms with E-state index in [1.54, 1.807) is 17.8 Å². The molecule has 0 saturated heterocycles. The standard InChI is InChI=1S/C15H19Cl2N5.HI/c1-18-15(19-6-5-11-8-21-22(2)10-11)20-9-12-3-4-13(16)7-14(12)17;/h3-4,7-8,10H,5-6,9H2,1-2H3,(H2,18,19,20);1H. The molecule has 0 fully saturated rings. The first-order valence-electron chi connectivity index (χ1n) is 6.94. The molecule has 0 spiro atoms. The maximum absolute atomic E-state index is 6.15. The van der Waals surface area contributed by atoms with Crippen molar-refractivity contribution in [2.45, 2.75) is 13.0 Å². The summed E-state index contributed by atoms with van der Waals surface area (Å²) in [5, 5.41) is 11.9. The Bertz CT molecular complexity index is 657. The molecule has 0 aliphatic carbocycles. The second-order valence-electron chi connectivity index (χ2n) is 4.86. The molecule has 0 saturated carbocycles. The molecule has 126 valence electrons. The van der Waals surface area contributed by atoms with Crippen molar-refractivity contribution < 1.29 is 0 Å². The first-order valence-corrected chi connectivity index (χ1v) is 7.70. The summed E-state index contributed by atoms with van der Waals surface area (Å²) in [5.74, 6) is 0.731. The second-order valence-corrected chi connectivity index (χ2v) is 5.70. The van der Waals surface area contributed by atoms with Crippen LogP contribution in [0.4, 0.5) is 0 Å². The van der Waals surface area contributed by atoms with Crippen LogP contribution >= 0.6 is 47.2 Å². The van der Waals surface area contributed by atoms with E-state index in [9.17, 15) is 0 Å². The van der Waals surface area contributed by atoms with E-state index in [0.717, 1.165) is 24.5 Å². The van der Waals surface area contributed by atoms with Gasteiger partial charge in [-0.3, -0.25) is 9.67 Å². The Morgan fingerprint density at radius 2 is 2.09 bits per heavy atom. The zero-order valence-corrected chi connectivity index (χ0v) is 16.9. The second kappa shape index (κ2) is 10.00. The number of halogens is 3. The van der Waals surface area contributed by atoms with Crippen LogP contribution in [-0.4, -0.2) is 29.3 Å². The van der Waals surface area contributed by atoms with Gasteiger partial charge in [0.15, 0.2) is 5.96 Å². The van der Waals surface area contributed by atoms with Gasteiger partial charge in [0.05, 0.1) is 6.20 Å². The normalized spacial score (nSPS) is 11.0. The molecule has 8 heteroatoms. The van der Waals surface area contributed by atoms with Gasteiger partial charge in [-0.05, 0) is 29.7 Å². The van der Waals surface area contributed by atoms with Gasteiger partial charge >= 0.3 is 0 Å². The van der Waals surface area contributed by atoms with Crippen molar-refractivity contribution in [1.82, 2.24) is 20.4 Å². The summed E-state index contributed by atoms with van der Waals surface area (Å²) in [4.78, 5) is 4.19. The van der Waals surface area contributed by atoms with Crippen LogP contribution in [0, 0.1) is 0 Å². The molecule has 1 heterocycles. The molecular formula is C15H20Cl2IN5. The molecule has 1 aromatic carbocycles. The van der Waals surface area contributed by atoms with Gasteiger partial charge in [0.25, 0.3) is 0 Å². The summed E-state index contributed by atoms with van der Waals surface area (Å²) in [6, 6.07) is 5.46. The maximum atomic E-state index is 6.15. The Kier molecular flexibility index (Phi) is 8.72. The van der Waals surface area contributed by atoms with Crippen LogP contribution in [-0.2, 0) is 20.0 Å². The van der Waals surface area contributed by atoms with Crippen molar-refractivity contribution in [1.29, 1.82) is 0 Å². The van der Waals surface area contributed by atoms with Crippen molar-refractivity contribution in [2.75, 3.05) is 13.6 Å². The van der Waals surface area contributed by atoms with Crippen LogP contribution in [0.3, 0.4) is 0 Å². The smallest absolute Gasteiger partial charge is 0.191 e. The predicted molar refractivity (Wildman–Crippen MR) is 107 cm³/mol. The summed E-state index contributed by atoms with van der Waals surface area (Å²) < 4.78 is 1.80. The monoisotopic (exact) mass is 467 g/mol. The van der Waals surface area contributed by atoms with Crippen molar-refractivity contribution in [3.8, 4) is 0 Å². The number of aryl methyl sites for hydroxylation is 1. The Balaban J connectivity index is 0.00000264. The topological polar surface area (TPSA) is 54.2 Å². The molecule has 2 aromatic rings. The van der Waals surface area contributed by atoms with E-state index >= 15 is 0 Å². The fraction of sp³-hybridized carbons (Fsp3) is 0.333. The fourth-order valence-electron chi connectivity index (χ4n) is 1.99. The van der Waals surface area contributed by atoms with Crippen LogP contribution in [0.1, 0.15) is 11.1 Å². The zero-order chi connectivity index (χ0) is 15.9. The van der Waals surface area contributed by atoms with Gasteiger partial charge in [-0.15, -0.1) is 24.0 Å². The summed E-state index contributed by atoms with van der Waals surface area (Å²) in [6.07, 6.45) is 4.76. The van der Waals surface area contributed by atoms with E-state index in [-0.39, 0.29) is 24.0 Å². The van der Waals surface area contributed by atoms with Gasteiger partial charge in [0, 0.05) is 43.4 Å². The lowest BCUT2D eigenvalue weighted by Gasteiger charge is -2.12. The number of nitrogens with one attached hydrogen (secondary N) is 2. The zero-order valence-electron chi connectivity index (χ0n) is 13.0. The highest BCUT2D eigenvalue weighted by Gasteiger charge is 2.03. The summed E-state index contributed by atoms with van der Waals surface area (Å²) in [5.41, 5.74) is 2.16. The van der Waals surface area contributed by atoms with E-state index in [1.807, 2.05) is 31.6 Å². The molecular weight excluding hydrogens is 448 g/mol. The average Bonchev–Trinajstić information content (AvgIpc) is 2.89. The highest BCUT2D eigenvalue weighted by atomic mass is 127. The Morgan fingerprint density at radius 3 is 2.70 bits per heavy atom. The molecule has 1 aromatic heterocycles. The Hall–Kier alpha value is -0.990. The molecule has 0 aliphatic rings. The first kappa shape index (κ1) is 20.1.